The third kappa shape index (κ3) is 1.44. The van der Waals surface area contributed by atoms with Crippen LogP contribution in [0.5, 0.6) is 0 Å². The zero-order valence-electron chi connectivity index (χ0n) is 8.17. The Morgan fingerprint density at radius 1 is 1.00 bits per heavy atom. The third-order valence-corrected chi connectivity index (χ3v) is 2.59. The van der Waals surface area contributed by atoms with Gasteiger partial charge in [-0.2, -0.15) is 0 Å². The van der Waals surface area contributed by atoms with E-state index >= 15 is 0 Å². The van der Waals surface area contributed by atoms with Gasteiger partial charge in [0.1, 0.15) is 0 Å². The molecule has 2 aromatic rings. The van der Waals surface area contributed by atoms with Gasteiger partial charge in [-0.15, -0.1) is 0 Å². The highest BCUT2D eigenvalue weighted by Crippen LogP contribution is 2.18. The summed E-state index contributed by atoms with van der Waals surface area (Å²) in [6.45, 7) is 0. The summed E-state index contributed by atoms with van der Waals surface area (Å²) < 4.78 is 0. The minimum Gasteiger partial charge on any atom is -0.271 e. The van der Waals surface area contributed by atoms with Crippen molar-refractivity contribution in [3.8, 4) is 0 Å². The van der Waals surface area contributed by atoms with E-state index in [4.69, 9.17) is 0 Å². The molecule has 0 bridgehead atoms. The normalized spacial score (nSPS) is 17.7. The average molecular weight is 194 g/mol. The first-order valence-electron chi connectivity index (χ1n) is 4.98. The molecule has 0 unspecified atom stereocenters. The fourth-order valence-electron chi connectivity index (χ4n) is 1.82. The molecule has 1 aromatic heterocycles. The quantitative estimate of drug-likeness (QED) is 0.670. The van der Waals surface area contributed by atoms with E-state index in [-0.39, 0.29) is 6.04 Å². The van der Waals surface area contributed by atoms with Gasteiger partial charge in [-0.3, -0.25) is 9.98 Å². The standard InChI is InChI=1S/C13H10N2/c1-2-4-10(5-3-1)12-8-11-6-7-14-9-13(11)15-12/h1-9,12H/t12-/m1/s1. The highest BCUT2D eigenvalue weighted by atomic mass is 14.8. The predicted octanol–water partition coefficient (Wildman–Crippen LogP) is 1.24. The van der Waals surface area contributed by atoms with Crippen LogP contribution in [0.25, 0.3) is 6.08 Å². The molecule has 0 radical (unpaired) electrons. The molecule has 72 valence electrons. The SMILES string of the molecule is C1=c2ccncc2=N[C@H]1c1ccccc1. The number of hydrogen-bond donors (Lipinski definition) is 0. The van der Waals surface area contributed by atoms with Crippen LogP contribution in [0.15, 0.2) is 53.8 Å². The Morgan fingerprint density at radius 2 is 1.87 bits per heavy atom. The maximum atomic E-state index is 4.60. The van der Waals surface area contributed by atoms with Gasteiger partial charge in [0.2, 0.25) is 0 Å². The van der Waals surface area contributed by atoms with Crippen molar-refractivity contribution in [2.75, 3.05) is 0 Å². The second-order valence-electron chi connectivity index (χ2n) is 3.59. The van der Waals surface area contributed by atoms with E-state index in [1.807, 2.05) is 30.5 Å². The molecule has 0 spiro atoms. The molecule has 1 aromatic carbocycles. The maximum Gasteiger partial charge on any atom is 0.0947 e. The largest absolute Gasteiger partial charge is 0.271 e. The van der Waals surface area contributed by atoms with Crippen LogP contribution in [0.1, 0.15) is 11.6 Å². The van der Waals surface area contributed by atoms with Crippen molar-refractivity contribution in [3.05, 3.63) is 64.9 Å². The van der Waals surface area contributed by atoms with Crippen molar-refractivity contribution in [2.24, 2.45) is 4.99 Å². The molecule has 3 rings (SSSR count). The van der Waals surface area contributed by atoms with Crippen LogP contribution < -0.4 is 10.6 Å². The molecule has 2 heterocycles. The first-order valence-corrected chi connectivity index (χ1v) is 4.98. The van der Waals surface area contributed by atoms with Gasteiger partial charge in [-0.05, 0) is 17.7 Å². The van der Waals surface area contributed by atoms with E-state index in [0.29, 0.717) is 0 Å². The number of benzene rings is 1. The number of pyridine rings is 1. The van der Waals surface area contributed by atoms with Crippen LogP contribution in [0.2, 0.25) is 0 Å². The van der Waals surface area contributed by atoms with E-state index in [0.717, 1.165) is 5.36 Å². The molecule has 0 amide bonds. The molecular weight excluding hydrogens is 184 g/mol. The fraction of sp³-hybridized carbons (Fsp3) is 0.0769. The van der Waals surface area contributed by atoms with Gasteiger partial charge in [0, 0.05) is 11.4 Å². The third-order valence-electron chi connectivity index (χ3n) is 2.59. The number of hydrogen-bond acceptors (Lipinski definition) is 2. The van der Waals surface area contributed by atoms with Crippen LogP contribution >= 0.6 is 0 Å². The van der Waals surface area contributed by atoms with Crippen molar-refractivity contribution in [1.82, 2.24) is 4.98 Å². The summed E-state index contributed by atoms with van der Waals surface area (Å²) in [5.41, 5.74) is 1.23. The van der Waals surface area contributed by atoms with Crippen molar-refractivity contribution in [3.63, 3.8) is 0 Å². The summed E-state index contributed by atoms with van der Waals surface area (Å²) in [5.74, 6) is 0. The summed E-state index contributed by atoms with van der Waals surface area (Å²) in [6, 6.07) is 12.5. The Morgan fingerprint density at radius 3 is 2.67 bits per heavy atom. The molecule has 1 aliphatic rings. The van der Waals surface area contributed by atoms with E-state index in [1.165, 1.54) is 10.8 Å². The lowest BCUT2D eigenvalue weighted by Crippen LogP contribution is -2.20. The summed E-state index contributed by atoms with van der Waals surface area (Å²) >= 11 is 0. The second kappa shape index (κ2) is 3.31. The molecule has 0 saturated carbocycles. The Hall–Kier alpha value is -1.96. The summed E-state index contributed by atoms with van der Waals surface area (Å²) in [4.78, 5) is 8.67. The molecule has 1 atom stereocenters. The number of rotatable bonds is 1. The van der Waals surface area contributed by atoms with Crippen LogP contribution in [-0.2, 0) is 0 Å². The topological polar surface area (TPSA) is 25.2 Å². The van der Waals surface area contributed by atoms with Crippen molar-refractivity contribution in [1.29, 1.82) is 0 Å². The number of fused-ring (bicyclic) bond motifs is 1. The highest BCUT2D eigenvalue weighted by Gasteiger charge is 2.09. The Labute approximate surface area is 87.6 Å². The molecule has 2 nitrogen and oxygen atoms in total. The zero-order valence-corrected chi connectivity index (χ0v) is 8.17. The average Bonchev–Trinajstić information content (AvgIpc) is 2.74. The highest BCUT2D eigenvalue weighted by molar-refractivity contribution is 5.41. The van der Waals surface area contributed by atoms with Crippen molar-refractivity contribution >= 4 is 6.08 Å². The number of aromatic nitrogens is 1. The van der Waals surface area contributed by atoms with Gasteiger partial charge >= 0.3 is 0 Å². The van der Waals surface area contributed by atoms with Crippen LogP contribution in [0.3, 0.4) is 0 Å². The van der Waals surface area contributed by atoms with E-state index < -0.39 is 0 Å². The van der Waals surface area contributed by atoms with Crippen LogP contribution in [0, 0.1) is 0 Å². The fourth-order valence-corrected chi connectivity index (χ4v) is 1.82. The van der Waals surface area contributed by atoms with Gasteiger partial charge in [0.05, 0.1) is 17.6 Å². The monoisotopic (exact) mass is 194 g/mol. The summed E-state index contributed by atoms with van der Waals surface area (Å²) in [6.07, 6.45) is 5.79. The molecule has 0 fully saturated rings. The van der Waals surface area contributed by atoms with Gasteiger partial charge in [-0.1, -0.05) is 30.3 Å². The molecule has 1 aliphatic heterocycles. The molecular formula is C13H10N2. The van der Waals surface area contributed by atoms with E-state index in [1.54, 1.807) is 6.20 Å². The van der Waals surface area contributed by atoms with Gasteiger partial charge in [0.15, 0.2) is 0 Å². The predicted molar refractivity (Wildman–Crippen MR) is 58.7 cm³/mol. The molecule has 0 N–H and O–H groups in total. The Balaban J connectivity index is 2.12. The first-order chi connectivity index (χ1) is 7.43. The number of nitrogens with zero attached hydrogens (tertiary/aromatic N) is 2. The van der Waals surface area contributed by atoms with E-state index in [9.17, 15) is 0 Å². The minimum atomic E-state index is 0.158. The van der Waals surface area contributed by atoms with Gasteiger partial charge in [-0.25, -0.2) is 0 Å². The Bertz CT molecular complexity index is 552. The van der Waals surface area contributed by atoms with E-state index in [2.05, 4.69) is 28.2 Å². The summed E-state index contributed by atoms with van der Waals surface area (Å²) in [7, 11) is 0. The molecule has 2 heteroatoms. The lowest BCUT2D eigenvalue weighted by atomic mass is 10.1. The summed E-state index contributed by atoms with van der Waals surface area (Å²) in [5, 5.41) is 2.17. The smallest absolute Gasteiger partial charge is 0.0947 e. The lowest BCUT2D eigenvalue weighted by molar-refractivity contribution is 0.938. The van der Waals surface area contributed by atoms with Crippen LogP contribution in [-0.4, -0.2) is 4.98 Å². The molecule has 0 saturated heterocycles. The minimum absolute atomic E-state index is 0.158. The van der Waals surface area contributed by atoms with Crippen molar-refractivity contribution in [2.45, 2.75) is 6.04 Å². The first kappa shape index (κ1) is 8.36. The maximum absolute atomic E-state index is 4.60. The second-order valence-corrected chi connectivity index (χ2v) is 3.59. The van der Waals surface area contributed by atoms with Crippen LogP contribution in [0.4, 0.5) is 0 Å². The van der Waals surface area contributed by atoms with Crippen molar-refractivity contribution < 1.29 is 0 Å². The molecule has 0 aliphatic carbocycles. The van der Waals surface area contributed by atoms with Gasteiger partial charge < -0.3 is 0 Å². The lowest BCUT2D eigenvalue weighted by Gasteiger charge is -2.03. The molecule has 15 heavy (non-hydrogen) atoms. The van der Waals surface area contributed by atoms with Gasteiger partial charge in [0.25, 0.3) is 0 Å². The zero-order chi connectivity index (χ0) is 10.1. The Kier molecular flexibility index (Phi) is 1.85.